The molecule has 3 nitrogen and oxygen atoms in total. The minimum absolute atomic E-state index is 0.0723. The Labute approximate surface area is 116 Å². The number of hydrogen-bond donors (Lipinski definition) is 2. The summed E-state index contributed by atoms with van der Waals surface area (Å²) in [5, 5.41) is 6.16. The van der Waals surface area contributed by atoms with Crippen LogP contribution in [0.4, 0.5) is 0 Å². The zero-order chi connectivity index (χ0) is 14.5. The van der Waals surface area contributed by atoms with Crippen LogP contribution in [0.2, 0.25) is 0 Å². The molecule has 1 aromatic carbocycles. The number of nitrogens with one attached hydrogen (secondary N) is 2. The number of carbonyl (C=O) groups is 1. The molecule has 1 atom stereocenters. The Bertz CT molecular complexity index is 427. The van der Waals surface area contributed by atoms with Crippen molar-refractivity contribution < 1.29 is 4.79 Å². The summed E-state index contributed by atoms with van der Waals surface area (Å²) in [4.78, 5) is 11.7. The van der Waals surface area contributed by atoms with Crippen molar-refractivity contribution >= 4 is 5.91 Å². The molecule has 1 unspecified atom stereocenters. The third-order valence-electron chi connectivity index (χ3n) is 3.52. The number of hydrogen-bond acceptors (Lipinski definition) is 2. The molecule has 2 N–H and O–H groups in total. The predicted molar refractivity (Wildman–Crippen MR) is 80.2 cm³/mol. The summed E-state index contributed by atoms with van der Waals surface area (Å²) in [7, 11) is 1.68. The van der Waals surface area contributed by atoms with Crippen molar-refractivity contribution in [2.45, 2.75) is 40.2 Å². The van der Waals surface area contributed by atoms with Crippen LogP contribution in [-0.2, 0) is 11.2 Å². The van der Waals surface area contributed by atoms with Gasteiger partial charge in [-0.25, -0.2) is 0 Å². The first-order valence-corrected chi connectivity index (χ1v) is 6.87. The quantitative estimate of drug-likeness (QED) is 0.826. The van der Waals surface area contributed by atoms with Gasteiger partial charge in [-0.2, -0.15) is 0 Å². The molecule has 1 aromatic rings. The first-order chi connectivity index (χ1) is 8.86. The van der Waals surface area contributed by atoms with E-state index >= 15 is 0 Å². The van der Waals surface area contributed by atoms with E-state index in [0.717, 1.165) is 6.42 Å². The molecule has 0 aliphatic rings. The van der Waals surface area contributed by atoms with Crippen LogP contribution in [0.1, 0.15) is 31.9 Å². The highest BCUT2D eigenvalue weighted by molar-refractivity contribution is 5.81. The van der Waals surface area contributed by atoms with Crippen molar-refractivity contribution in [1.29, 1.82) is 0 Å². The smallest absolute Gasteiger partial charge is 0.226 e. The van der Waals surface area contributed by atoms with Crippen LogP contribution in [0, 0.1) is 12.3 Å². The summed E-state index contributed by atoms with van der Waals surface area (Å²) in [6, 6.07) is 8.79. The van der Waals surface area contributed by atoms with Gasteiger partial charge in [-0.1, -0.05) is 24.3 Å². The van der Waals surface area contributed by atoms with Gasteiger partial charge < -0.3 is 10.6 Å². The van der Waals surface area contributed by atoms with Gasteiger partial charge >= 0.3 is 0 Å². The van der Waals surface area contributed by atoms with E-state index in [1.165, 1.54) is 11.1 Å². The molecule has 0 aliphatic carbocycles. The van der Waals surface area contributed by atoms with Gasteiger partial charge in [0, 0.05) is 19.6 Å². The minimum Gasteiger partial charge on any atom is -0.359 e. The van der Waals surface area contributed by atoms with E-state index in [2.05, 4.69) is 48.7 Å². The molecule has 1 amide bonds. The second-order valence-corrected chi connectivity index (χ2v) is 5.88. The van der Waals surface area contributed by atoms with Gasteiger partial charge in [0.15, 0.2) is 0 Å². The fourth-order valence-electron chi connectivity index (χ4n) is 2.09. The number of aryl methyl sites for hydroxylation is 1. The van der Waals surface area contributed by atoms with E-state index < -0.39 is 0 Å². The standard InChI is InChI=1S/C16H26N2O/c1-12-8-6-7-9-14(12)10-13(2)18-11-16(3,4)15(19)17-5/h6-9,13,18H,10-11H2,1-5H3,(H,17,19). The predicted octanol–water partition coefficient (Wildman–Crippen LogP) is 2.29. The van der Waals surface area contributed by atoms with E-state index in [1.807, 2.05) is 13.8 Å². The van der Waals surface area contributed by atoms with Gasteiger partial charge in [-0.3, -0.25) is 4.79 Å². The lowest BCUT2D eigenvalue weighted by molar-refractivity contribution is -0.128. The summed E-state index contributed by atoms with van der Waals surface area (Å²) in [6.07, 6.45) is 0.983. The topological polar surface area (TPSA) is 41.1 Å². The summed E-state index contributed by atoms with van der Waals surface area (Å²) in [6.45, 7) is 8.89. The van der Waals surface area contributed by atoms with E-state index in [4.69, 9.17) is 0 Å². The normalized spacial score (nSPS) is 13.1. The lowest BCUT2D eigenvalue weighted by atomic mass is 9.91. The minimum atomic E-state index is -0.380. The molecule has 0 aromatic heterocycles. The SMILES string of the molecule is CNC(=O)C(C)(C)CNC(C)Cc1ccccc1C. The Morgan fingerprint density at radius 1 is 1.32 bits per heavy atom. The second kappa shape index (κ2) is 6.71. The highest BCUT2D eigenvalue weighted by atomic mass is 16.2. The van der Waals surface area contributed by atoms with Gasteiger partial charge in [-0.05, 0) is 45.2 Å². The highest BCUT2D eigenvalue weighted by Crippen LogP contribution is 2.15. The molecule has 3 heteroatoms. The monoisotopic (exact) mass is 262 g/mol. The first-order valence-electron chi connectivity index (χ1n) is 6.87. The molecule has 0 aliphatic heterocycles. The lowest BCUT2D eigenvalue weighted by Crippen LogP contribution is -2.44. The molecule has 0 heterocycles. The van der Waals surface area contributed by atoms with E-state index in [9.17, 15) is 4.79 Å². The molecule has 0 radical (unpaired) electrons. The first kappa shape index (κ1) is 15.7. The summed E-state index contributed by atoms with van der Waals surface area (Å²) in [5.41, 5.74) is 2.30. The molecular formula is C16H26N2O. The highest BCUT2D eigenvalue weighted by Gasteiger charge is 2.26. The Morgan fingerprint density at radius 3 is 2.53 bits per heavy atom. The van der Waals surface area contributed by atoms with Crippen molar-refractivity contribution in [2.75, 3.05) is 13.6 Å². The van der Waals surface area contributed by atoms with Crippen LogP contribution in [0.3, 0.4) is 0 Å². The maximum atomic E-state index is 11.7. The Hall–Kier alpha value is -1.35. The molecule has 0 saturated heterocycles. The maximum Gasteiger partial charge on any atom is 0.226 e. The lowest BCUT2D eigenvalue weighted by Gasteiger charge is -2.25. The average Bonchev–Trinajstić information content (AvgIpc) is 2.38. The third-order valence-corrected chi connectivity index (χ3v) is 3.52. The third kappa shape index (κ3) is 4.67. The van der Waals surface area contributed by atoms with Crippen molar-refractivity contribution in [1.82, 2.24) is 10.6 Å². The van der Waals surface area contributed by atoms with Crippen molar-refractivity contribution in [3.63, 3.8) is 0 Å². The summed E-state index contributed by atoms with van der Waals surface area (Å²) >= 11 is 0. The molecule has 0 spiro atoms. The number of rotatable bonds is 6. The van der Waals surface area contributed by atoms with E-state index in [0.29, 0.717) is 12.6 Å². The van der Waals surface area contributed by atoms with Crippen LogP contribution >= 0.6 is 0 Å². The Kier molecular flexibility index (Phi) is 5.55. The van der Waals surface area contributed by atoms with E-state index in [-0.39, 0.29) is 11.3 Å². The number of amides is 1. The van der Waals surface area contributed by atoms with Gasteiger partial charge in [0.2, 0.25) is 5.91 Å². The van der Waals surface area contributed by atoms with Crippen LogP contribution < -0.4 is 10.6 Å². The van der Waals surface area contributed by atoms with Crippen LogP contribution in [0.15, 0.2) is 24.3 Å². The van der Waals surface area contributed by atoms with Gasteiger partial charge in [-0.15, -0.1) is 0 Å². The molecule has 0 fully saturated rings. The average molecular weight is 262 g/mol. The summed E-state index contributed by atoms with van der Waals surface area (Å²) in [5.74, 6) is 0.0723. The Balaban J connectivity index is 2.51. The van der Waals surface area contributed by atoms with E-state index in [1.54, 1.807) is 7.05 Å². The van der Waals surface area contributed by atoms with Crippen LogP contribution in [0.5, 0.6) is 0 Å². The molecule has 0 saturated carbocycles. The molecule has 106 valence electrons. The zero-order valence-electron chi connectivity index (χ0n) is 12.7. The zero-order valence-corrected chi connectivity index (χ0v) is 12.7. The van der Waals surface area contributed by atoms with Crippen molar-refractivity contribution in [3.8, 4) is 0 Å². The second-order valence-electron chi connectivity index (χ2n) is 5.88. The Morgan fingerprint density at radius 2 is 1.95 bits per heavy atom. The fraction of sp³-hybridized carbons (Fsp3) is 0.562. The van der Waals surface area contributed by atoms with Crippen molar-refractivity contribution in [3.05, 3.63) is 35.4 Å². The molecular weight excluding hydrogens is 236 g/mol. The van der Waals surface area contributed by atoms with Gasteiger partial charge in [0.1, 0.15) is 0 Å². The van der Waals surface area contributed by atoms with Crippen LogP contribution in [-0.4, -0.2) is 25.5 Å². The maximum absolute atomic E-state index is 11.7. The van der Waals surface area contributed by atoms with Crippen LogP contribution in [0.25, 0.3) is 0 Å². The molecule has 1 rings (SSSR count). The largest absolute Gasteiger partial charge is 0.359 e. The molecule has 19 heavy (non-hydrogen) atoms. The van der Waals surface area contributed by atoms with Gasteiger partial charge in [0.05, 0.1) is 5.41 Å². The number of benzene rings is 1. The number of carbonyl (C=O) groups excluding carboxylic acids is 1. The van der Waals surface area contributed by atoms with Crippen molar-refractivity contribution in [2.24, 2.45) is 5.41 Å². The molecule has 0 bridgehead atoms. The van der Waals surface area contributed by atoms with Gasteiger partial charge in [0.25, 0.3) is 0 Å². The summed E-state index contributed by atoms with van der Waals surface area (Å²) < 4.78 is 0. The fourth-order valence-corrected chi connectivity index (χ4v) is 2.09.